The largest absolute Gasteiger partial charge is 0.479 e. The average molecular weight is 358 g/mol. The molecule has 1 aromatic heterocycles. The molecule has 0 unspecified atom stereocenters. The summed E-state index contributed by atoms with van der Waals surface area (Å²) in [5, 5.41) is 5.13. The van der Waals surface area contributed by atoms with Crippen molar-refractivity contribution in [1.82, 2.24) is 14.8 Å². The number of rotatable bonds is 7. The van der Waals surface area contributed by atoms with Gasteiger partial charge in [-0.2, -0.15) is 5.10 Å². The van der Waals surface area contributed by atoms with Crippen LogP contribution in [0, 0.1) is 0 Å². The van der Waals surface area contributed by atoms with Gasteiger partial charge in [0.1, 0.15) is 12.0 Å². The van der Waals surface area contributed by atoms with Crippen LogP contribution in [0.1, 0.15) is 37.1 Å². The maximum Gasteiger partial charge on any atom is 0.239 e. The lowest BCUT2D eigenvalue weighted by Gasteiger charge is -2.09. The minimum atomic E-state index is 0.346. The van der Waals surface area contributed by atoms with Crippen LogP contribution in [0.15, 0.2) is 46.5 Å². The van der Waals surface area contributed by atoms with Crippen molar-refractivity contribution in [2.45, 2.75) is 32.2 Å². The molecule has 0 bridgehead atoms. The zero-order valence-electron chi connectivity index (χ0n) is 14.3. The van der Waals surface area contributed by atoms with Crippen LogP contribution in [0.2, 0.25) is 5.02 Å². The van der Waals surface area contributed by atoms with Crippen LogP contribution >= 0.6 is 11.6 Å². The van der Waals surface area contributed by atoms with Gasteiger partial charge in [-0.1, -0.05) is 23.7 Å². The maximum absolute atomic E-state index is 6.10. The SMILES string of the molecule is C=N/C(OC)=C(\N=C(C)Cn1cnc(C2CC2)n1)c1cccc(Cl)c1. The normalized spacial score (nSPS) is 15.7. The minimum absolute atomic E-state index is 0.346. The number of ether oxygens (including phenoxy) is 1. The van der Waals surface area contributed by atoms with Crippen molar-refractivity contribution in [1.29, 1.82) is 0 Å². The third-order valence-electron chi connectivity index (χ3n) is 3.83. The molecule has 0 N–H and O–H groups in total. The summed E-state index contributed by atoms with van der Waals surface area (Å²) in [6, 6.07) is 7.39. The Morgan fingerprint density at radius 3 is 2.88 bits per heavy atom. The highest BCUT2D eigenvalue weighted by Crippen LogP contribution is 2.37. The van der Waals surface area contributed by atoms with Gasteiger partial charge in [0, 0.05) is 22.2 Å². The second kappa shape index (κ2) is 7.61. The first-order chi connectivity index (χ1) is 12.1. The Bertz CT molecular complexity index is 835. The Morgan fingerprint density at radius 1 is 1.44 bits per heavy atom. The van der Waals surface area contributed by atoms with E-state index in [1.807, 2.05) is 31.2 Å². The van der Waals surface area contributed by atoms with Gasteiger partial charge in [-0.3, -0.25) is 0 Å². The predicted octanol–water partition coefficient (Wildman–Crippen LogP) is 3.94. The van der Waals surface area contributed by atoms with Gasteiger partial charge in [0.2, 0.25) is 5.88 Å². The van der Waals surface area contributed by atoms with E-state index in [-0.39, 0.29) is 0 Å². The van der Waals surface area contributed by atoms with E-state index in [1.165, 1.54) is 12.8 Å². The number of nitrogens with zero attached hydrogens (tertiary/aromatic N) is 5. The van der Waals surface area contributed by atoms with Crippen LogP contribution in [0.25, 0.3) is 5.70 Å². The molecule has 0 spiro atoms. The molecule has 3 rings (SSSR count). The number of aromatic nitrogens is 3. The molecule has 0 saturated heterocycles. The second-order valence-corrected chi connectivity index (χ2v) is 6.38. The number of hydrogen-bond donors (Lipinski definition) is 0. The molecule has 0 aliphatic heterocycles. The van der Waals surface area contributed by atoms with Gasteiger partial charge in [-0.05, 0) is 38.6 Å². The molecule has 1 aliphatic rings. The van der Waals surface area contributed by atoms with Gasteiger partial charge >= 0.3 is 0 Å². The first-order valence-corrected chi connectivity index (χ1v) is 8.43. The highest BCUT2D eigenvalue weighted by Gasteiger charge is 2.27. The van der Waals surface area contributed by atoms with Crippen molar-refractivity contribution in [3.63, 3.8) is 0 Å². The number of methoxy groups -OCH3 is 1. The van der Waals surface area contributed by atoms with Crippen LogP contribution in [-0.2, 0) is 11.3 Å². The quantitative estimate of drug-likeness (QED) is 0.556. The van der Waals surface area contributed by atoms with Gasteiger partial charge in [-0.25, -0.2) is 19.7 Å². The molecule has 1 aliphatic carbocycles. The van der Waals surface area contributed by atoms with Crippen molar-refractivity contribution >= 4 is 29.7 Å². The zero-order valence-corrected chi connectivity index (χ0v) is 15.1. The Labute approximate surface area is 151 Å². The highest BCUT2D eigenvalue weighted by atomic mass is 35.5. The van der Waals surface area contributed by atoms with Crippen LogP contribution in [0.5, 0.6) is 0 Å². The lowest BCUT2D eigenvalue weighted by Crippen LogP contribution is -2.08. The Hall–Kier alpha value is -2.47. The summed E-state index contributed by atoms with van der Waals surface area (Å²) in [6.07, 6.45) is 4.11. The van der Waals surface area contributed by atoms with Crippen molar-refractivity contribution < 1.29 is 4.74 Å². The van der Waals surface area contributed by atoms with E-state index >= 15 is 0 Å². The van der Waals surface area contributed by atoms with Crippen LogP contribution in [0.3, 0.4) is 0 Å². The molecule has 1 aromatic carbocycles. The standard InChI is InChI=1S/C18H20ClN5O/c1-12(10-24-11-21-17(23-24)13-7-8-13)22-16(18(20-2)25-3)14-5-4-6-15(19)9-14/h4-6,9,11,13H,2,7-8,10H2,1,3H3/b18-16+,22-12?. The van der Waals surface area contributed by atoms with E-state index in [2.05, 4.69) is 26.8 Å². The van der Waals surface area contributed by atoms with Crippen molar-refractivity contribution in [3.8, 4) is 0 Å². The van der Waals surface area contributed by atoms with E-state index in [9.17, 15) is 0 Å². The Balaban J connectivity index is 1.88. The maximum atomic E-state index is 6.10. The predicted molar refractivity (Wildman–Crippen MR) is 100 cm³/mol. The molecule has 1 heterocycles. The number of hydrogen-bond acceptors (Lipinski definition) is 5. The monoisotopic (exact) mass is 357 g/mol. The molecule has 130 valence electrons. The smallest absolute Gasteiger partial charge is 0.239 e. The second-order valence-electron chi connectivity index (χ2n) is 5.95. The highest BCUT2D eigenvalue weighted by molar-refractivity contribution is 6.30. The summed E-state index contributed by atoms with van der Waals surface area (Å²) in [4.78, 5) is 13.0. The lowest BCUT2D eigenvalue weighted by molar-refractivity contribution is 0.291. The molecule has 7 heteroatoms. The van der Waals surface area contributed by atoms with Gasteiger partial charge in [0.25, 0.3) is 0 Å². The van der Waals surface area contributed by atoms with E-state index < -0.39 is 0 Å². The summed E-state index contributed by atoms with van der Waals surface area (Å²) < 4.78 is 7.12. The first-order valence-electron chi connectivity index (χ1n) is 8.05. The van der Waals surface area contributed by atoms with Crippen molar-refractivity contribution in [2.24, 2.45) is 9.98 Å². The number of aliphatic imine (C=N–C) groups is 2. The fourth-order valence-electron chi connectivity index (χ4n) is 2.48. The van der Waals surface area contributed by atoms with E-state index in [0.717, 1.165) is 17.1 Å². The molecule has 0 atom stereocenters. The summed E-state index contributed by atoms with van der Waals surface area (Å²) in [5.74, 6) is 1.80. The first kappa shape index (κ1) is 17.4. The van der Waals surface area contributed by atoms with Crippen molar-refractivity contribution in [3.05, 3.63) is 52.9 Å². The van der Waals surface area contributed by atoms with Gasteiger partial charge in [-0.15, -0.1) is 0 Å². The summed E-state index contributed by atoms with van der Waals surface area (Å²) in [6.45, 7) is 6.03. The number of halogens is 1. The van der Waals surface area contributed by atoms with Crippen molar-refractivity contribution in [2.75, 3.05) is 7.11 Å². The molecule has 0 amide bonds. The fraction of sp³-hybridized carbons (Fsp3) is 0.333. The molecule has 1 fully saturated rings. The fourth-order valence-corrected chi connectivity index (χ4v) is 2.67. The molecule has 0 radical (unpaired) electrons. The zero-order chi connectivity index (χ0) is 17.8. The van der Waals surface area contributed by atoms with E-state index in [4.69, 9.17) is 16.3 Å². The third-order valence-corrected chi connectivity index (χ3v) is 4.06. The van der Waals surface area contributed by atoms with E-state index in [1.54, 1.807) is 18.1 Å². The molecule has 6 nitrogen and oxygen atoms in total. The summed E-state index contributed by atoms with van der Waals surface area (Å²) >= 11 is 6.10. The Morgan fingerprint density at radius 2 is 2.24 bits per heavy atom. The molecular formula is C18H20ClN5O. The minimum Gasteiger partial charge on any atom is -0.479 e. The molecule has 2 aromatic rings. The van der Waals surface area contributed by atoms with Crippen LogP contribution < -0.4 is 0 Å². The molecule has 25 heavy (non-hydrogen) atoms. The topological polar surface area (TPSA) is 64.7 Å². The van der Waals surface area contributed by atoms with Gasteiger partial charge in [0.15, 0.2) is 5.82 Å². The summed E-state index contributed by atoms with van der Waals surface area (Å²) in [5.41, 5.74) is 2.24. The van der Waals surface area contributed by atoms with Gasteiger partial charge < -0.3 is 4.74 Å². The Kier molecular flexibility index (Phi) is 5.28. The van der Waals surface area contributed by atoms with Crippen LogP contribution in [-0.4, -0.2) is 34.3 Å². The number of benzene rings is 1. The van der Waals surface area contributed by atoms with Crippen LogP contribution in [0.4, 0.5) is 0 Å². The van der Waals surface area contributed by atoms with Gasteiger partial charge in [0.05, 0.1) is 13.7 Å². The van der Waals surface area contributed by atoms with E-state index in [0.29, 0.717) is 29.1 Å². The average Bonchev–Trinajstić information content (AvgIpc) is 3.35. The third kappa shape index (κ3) is 4.33. The molecular weight excluding hydrogens is 338 g/mol. The molecule has 1 saturated carbocycles. The lowest BCUT2D eigenvalue weighted by atomic mass is 10.1. The summed E-state index contributed by atoms with van der Waals surface area (Å²) in [7, 11) is 1.54.